The van der Waals surface area contributed by atoms with Crippen LogP contribution in [-0.4, -0.2) is 120 Å². The van der Waals surface area contributed by atoms with E-state index in [9.17, 15) is 40.7 Å². The molecule has 0 radical (unpaired) electrons. The van der Waals surface area contributed by atoms with Gasteiger partial charge in [-0.3, -0.25) is 19.4 Å². The first-order chi connectivity index (χ1) is 25.6. The topological polar surface area (TPSA) is 89.5 Å². The van der Waals surface area contributed by atoms with Crippen LogP contribution in [-0.2, 0) is 17.1 Å². The van der Waals surface area contributed by atoms with Gasteiger partial charge in [-0.25, -0.2) is 0 Å². The van der Waals surface area contributed by atoms with Crippen LogP contribution in [0.3, 0.4) is 0 Å². The van der Waals surface area contributed by atoms with Crippen molar-refractivity contribution in [3.8, 4) is 5.75 Å². The molecule has 292 valence electrons. The lowest BCUT2D eigenvalue weighted by Gasteiger charge is -2.51. The third kappa shape index (κ3) is 8.02. The molecule has 3 saturated heterocycles. The molecule has 3 aliphatic heterocycles. The SMILES string of the molecule is CCC[C@H]1N(C(=O)c2cnccc2C(F)(F)F)CCC[C@@]1(Oc1csc(C(F)(F)F)c1)C(=O)N1CCN(c2ccccc2C(=O)N2CCN(C)CC2)CC1. The Balaban J connectivity index is 1.31. The first-order valence-electron chi connectivity index (χ1n) is 17.9. The molecule has 3 amide bonds. The maximum absolute atomic E-state index is 14.9. The molecule has 54 heavy (non-hydrogen) atoms. The number of hydrogen-bond acceptors (Lipinski definition) is 8. The minimum absolute atomic E-state index is 0.00256. The second-order valence-electron chi connectivity index (χ2n) is 13.9. The zero-order valence-electron chi connectivity index (χ0n) is 30.0. The number of pyridine rings is 1. The lowest BCUT2D eigenvalue weighted by Crippen LogP contribution is -2.69. The van der Waals surface area contributed by atoms with Crippen molar-refractivity contribution >= 4 is 34.7 Å². The van der Waals surface area contributed by atoms with Gasteiger partial charge in [0.2, 0.25) is 5.60 Å². The summed E-state index contributed by atoms with van der Waals surface area (Å²) in [6, 6.07) is 7.67. The maximum Gasteiger partial charge on any atom is 0.425 e. The van der Waals surface area contributed by atoms with Crippen molar-refractivity contribution < 1.29 is 45.5 Å². The van der Waals surface area contributed by atoms with Gasteiger partial charge in [-0.1, -0.05) is 25.5 Å². The molecule has 5 heterocycles. The third-order valence-corrected chi connectivity index (χ3v) is 11.3. The molecule has 0 saturated carbocycles. The highest BCUT2D eigenvalue weighted by Gasteiger charge is 2.56. The van der Waals surface area contributed by atoms with Crippen molar-refractivity contribution in [3.63, 3.8) is 0 Å². The predicted molar refractivity (Wildman–Crippen MR) is 190 cm³/mol. The number of nitrogens with zero attached hydrogens (tertiary/aromatic N) is 6. The highest BCUT2D eigenvalue weighted by Crippen LogP contribution is 2.43. The van der Waals surface area contributed by atoms with Gasteiger partial charge >= 0.3 is 12.4 Å². The number of carbonyl (C=O) groups is 3. The number of aromatic nitrogens is 1. The number of halogens is 6. The van der Waals surface area contributed by atoms with Crippen LogP contribution < -0.4 is 9.64 Å². The number of carbonyl (C=O) groups excluding carboxylic acids is 3. The summed E-state index contributed by atoms with van der Waals surface area (Å²) >= 11 is 0.397. The first-order valence-corrected chi connectivity index (χ1v) is 18.8. The number of para-hydroxylation sites is 1. The standard InChI is InChI=1S/C37H42F6N6O4S/c1-3-7-30-35(53-25-22-31(54-24-25)37(41,42)43,11-6-13-49(30)33(51)27-23-44-12-10-28(27)36(38,39)40)34(52)48-20-18-46(19-21-48)29-9-5-4-8-26(29)32(50)47-16-14-45(2)15-17-47/h4-5,8-10,12,22-24,30H,3,6-7,11,13-21H2,1-2H3/t30-,35+/m1/s1. The Hall–Kier alpha value is -4.38. The van der Waals surface area contributed by atoms with Crippen LogP contribution in [0.15, 0.2) is 54.2 Å². The molecule has 17 heteroatoms. The number of hydrogen-bond donors (Lipinski definition) is 0. The molecular formula is C37H42F6N6O4S. The maximum atomic E-state index is 14.9. The van der Waals surface area contributed by atoms with Gasteiger partial charge in [0.1, 0.15) is 10.6 Å². The molecule has 0 aliphatic carbocycles. The van der Waals surface area contributed by atoms with Crippen molar-refractivity contribution in [2.45, 2.75) is 56.6 Å². The van der Waals surface area contributed by atoms with Gasteiger partial charge in [0.25, 0.3) is 17.7 Å². The lowest BCUT2D eigenvalue weighted by atomic mass is 9.79. The molecule has 2 atom stereocenters. The zero-order valence-corrected chi connectivity index (χ0v) is 30.8. The van der Waals surface area contributed by atoms with Crippen LogP contribution in [0.2, 0.25) is 0 Å². The van der Waals surface area contributed by atoms with E-state index in [1.165, 1.54) is 4.90 Å². The van der Waals surface area contributed by atoms with Gasteiger partial charge in [0.15, 0.2) is 0 Å². The summed E-state index contributed by atoms with van der Waals surface area (Å²) in [6.45, 7) is 5.44. The molecule has 0 bridgehead atoms. The molecule has 3 aliphatic rings. The second kappa shape index (κ2) is 15.8. The largest absolute Gasteiger partial charge is 0.474 e. The van der Waals surface area contributed by atoms with E-state index >= 15 is 0 Å². The number of piperidine rings is 1. The van der Waals surface area contributed by atoms with Gasteiger partial charge in [0.05, 0.1) is 22.7 Å². The average Bonchev–Trinajstić information content (AvgIpc) is 3.64. The van der Waals surface area contributed by atoms with Gasteiger partial charge < -0.3 is 29.2 Å². The molecule has 3 aromatic rings. The van der Waals surface area contributed by atoms with Crippen molar-refractivity contribution in [3.05, 3.63) is 75.7 Å². The summed E-state index contributed by atoms with van der Waals surface area (Å²) in [5.41, 5.74) is -2.53. The molecular weight excluding hydrogens is 738 g/mol. The fourth-order valence-electron chi connectivity index (χ4n) is 7.63. The molecule has 0 spiro atoms. The number of alkyl halides is 6. The van der Waals surface area contributed by atoms with E-state index in [1.807, 2.05) is 29.0 Å². The van der Waals surface area contributed by atoms with Gasteiger partial charge in [-0.05, 0) is 38.1 Å². The number of ether oxygens (including phenoxy) is 1. The summed E-state index contributed by atoms with van der Waals surface area (Å²) in [7, 11) is 2.00. The number of benzene rings is 1. The molecule has 0 N–H and O–H groups in total. The smallest absolute Gasteiger partial charge is 0.425 e. The van der Waals surface area contributed by atoms with Crippen LogP contribution in [0.25, 0.3) is 0 Å². The molecule has 3 fully saturated rings. The Morgan fingerprint density at radius 2 is 1.56 bits per heavy atom. The third-order valence-electron chi connectivity index (χ3n) is 10.4. The average molecular weight is 781 g/mol. The number of likely N-dealkylation sites (N-methyl/N-ethyl adjacent to an activating group) is 1. The van der Waals surface area contributed by atoms with Crippen molar-refractivity contribution in [1.29, 1.82) is 0 Å². The number of rotatable bonds is 8. The molecule has 10 nitrogen and oxygen atoms in total. The summed E-state index contributed by atoms with van der Waals surface area (Å²) in [5.74, 6) is -1.87. The molecule has 6 rings (SSSR count). The zero-order chi connectivity index (χ0) is 38.8. The van der Waals surface area contributed by atoms with E-state index in [-0.39, 0.29) is 50.6 Å². The molecule has 0 unspecified atom stereocenters. The van der Waals surface area contributed by atoms with E-state index < -0.39 is 51.8 Å². The van der Waals surface area contributed by atoms with Crippen molar-refractivity contribution in [1.82, 2.24) is 24.6 Å². The Kier molecular flexibility index (Phi) is 11.5. The minimum Gasteiger partial charge on any atom is -0.474 e. The Morgan fingerprint density at radius 3 is 2.20 bits per heavy atom. The highest BCUT2D eigenvalue weighted by molar-refractivity contribution is 7.10. The predicted octanol–water partition coefficient (Wildman–Crippen LogP) is 6.14. The Bertz CT molecular complexity index is 1820. The van der Waals surface area contributed by atoms with Gasteiger partial charge in [-0.2, -0.15) is 26.3 Å². The van der Waals surface area contributed by atoms with E-state index in [0.717, 1.165) is 36.9 Å². The van der Waals surface area contributed by atoms with Crippen LogP contribution in [0.5, 0.6) is 5.75 Å². The fourth-order valence-corrected chi connectivity index (χ4v) is 8.31. The van der Waals surface area contributed by atoms with Crippen LogP contribution in [0.4, 0.5) is 32.0 Å². The van der Waals surface area contributed by atoms with Crippen molar-refractivity contribution in [2.24, 2.45) is 0 Å². The number of amides is 3. The summed E-state index contributed by atoms with van der Waals surface area (Å²) < 4.78 is 89.6. The van der Waals surface area contributed by atoms with Gasteiger partial charge in [-0.15, -0.1) is 11.3 Å². The van der Waals surface area contributed by atoms with Gasteiger partial charge in [0, 0.05) is 94.9 Å². The Labute approximate surface area is 313 Å². The summed E-state index contributed by atoms with van der Waals surface area (Å²) in [6.07, 6.45) is -7.11. The summed E-state index contributed by atoms with van der Waals surface area (Å²) in [4.78, 5) is 54.2. The lowest BCUT2D eigenvalue weighted by molar-refractivity contribution is -0.159. The molecule has 1 aromatic carbocycles. The molecule has 2 aromatic heterocycles. The quantitative estimate of drug-likeness (QED) is 0.254. The number of thiophene rings is 1. The van der Waals surface area contributed by atoms with Crippen molar-refractivity contribution in [2.75, 3.05) is 70.9 Å². The van der Waals surface area contributed by atoms with E-state index in [1.54, 1.807) is 24.0 Å². The Morgan fingerprint density at radius 1 is 0.870 bits per heavy atom. The first kappa shape index (κ1) is 39.3. The monoisotopic (exact) mass is 780 g/mol. The normalized spacial score (nSPS) is 21.7. The van der Waals surface area contributed by atoms with E-state index in [0.29, 0.717) is 61.3 Å². The van der Waals surface area contributed by atoms with Crippen LogP contribution in [0, 0.1) is 0 Å². The fraction of sp³-hybridized carbons (Fsp3) is 0.514. The summed E-state index contributed by atoms with van der Waals surface area (Å²) in [5, 5.41) is 1.15. The van der Waals surface area contributed by atoms with Crippen LogP contribution >= 0.6 is 11.3 Å². The van der Waals surface area contributed by atoms with Crippen LogP contribution in [0.1, 0.15) is 63.8 Å². The second-order valence-corrected chi connectivity index (χ2v) is 14.8. The number of anilines is 1. The van der Waals surface area contributed by atoms with E-state index in [4.69, 9.17) is 4.74 Å². The van der Waals surface area contributed by atoms with E-state index in [2.05, 4.69) is 9.88 Å². The number of likely N-dealkylation sites (tertiary alicyclic amines) is 1. The number of piperazine rings is 2. The highest BCUT2D eigenvalue weighted by atomic mass is 32.1. The minimum atomic E-state index is -4.87.